The first-order valence-electron chi connectivity index (χ1n) is 4.94. The summed E-state index contributed by atoms with van der Waals surface area (Å²) in [7, 11) is 0. The van der Waals surface area contributed by atoms with Gasteiger partial charge in [0.05, 0.1) is 0 Å². The molecule has 0 saturated carbocycles. The Hall–Kier alpha value is -0.830. The number of benzene rings is 1. The Bertz CT molecular complexity index is 488. The predicted octanol–water partition coefficient (Wildman–Crippen LogP) is 4.53. The number of hydrogen-bond donors (Lipinski definition) is 0. The average Bonchev–Trinajstić information content (AvgIpc) is 2.41. The molecule has 80 valence electrons. The van der Waals surface area contributed by atoms with Gasteiger partial charge in [-0.25, -0.2) is 4.39 Å². The Morgan fingerprint density at radius 1 is 1.40 bits per heavy atom. The van der Waals surface area contributed by atoms with Crippen molar-refractivity contribution in [1.82, 2.24) is 0 Å². The van der Waals surface area contributed by atoms with Crippen molar-refractivity contribution in [2.24, 2.45) is 5.92 Å². The summed E-state index contributed by atoms with van der Waals surface area (Å²) in [6, 6.07) is 4.66. The Balaban J connectivity index is 2.58. The van der Waals surface area contributed by atoms with E-state index in [0.29, 0.717) is 11.5 Å². The minimum Gasteiger partial charge on any atom is -0.449 e. The quantitative estimate of drug-likeness (QED) is 0.781. The Morgan fingerprint density at radius 2 is 2.13 bits per heavy atom. The third kappa shape index (κ3) is 2.07. The molecule has 0 saturated heterocycles. The first-order valence-corrected chi connectivity index (χ1v) is 5.73. The molecule has 2 aromatic rings. The van der Waals surface area contributed by atoms with E-state index in [4.69, 9.17) is 4.42 Å². The molecule has 0 aliphatic carbocycles. The Kier molecular flexibility index (Phi) is 2.83. The molecule has 2 rings (SSSR count). The minimum absolute atomic E-state index is 0.264. The molecule has 0 amide bonds. The van der Waals surface area contributed by atoms with Crippen molar-refractivity contribution in [2.75, 3.05) is 0 Å². The summed E-state index contributed by atoms with van der Waals surface area (Å²) in [5.74, 6) is 0.284. The van der Waals surface area contributed by atoms with Crippen LogP contribution >= 0.6 is 15.9 Å². The number of halogens is 2. The fraction of sp³-hybridized carbons (Fsp3) is 0.333. The first kappa shape index (κ1) is 10.7. The minimum atomic E-state index is -0.264. The molecule has 0 unspecified atom stereocenters. The molecule has 0 atom stereocenters. The molecule has 0 spiro atoms. The van der Waals surface area contributed by atoms with E-state index in [1.165, 1.54) is 12.1 Å². The van der Waals surface area contributed by atoms with Crippen LogP contribution < -0.4 is 0 Å². The molecule has 1 aromatic carbocycles. The lowest BCUT2D eigenvalue weighted by Crippen LogP contribution is -1.93. The zero-order chi connectivity index (χ0) is 11.0. The highest BCUT2D eigenvalue weighted by atomic mass is 79.9. The zero-order valence-electron chi connectivity index (χ0n) is 8.68. The predicted molar refractivity (Wildman–Crippen MR) is 62.4 cm³/mol. The molecular weight excluding hydrogens is 259 g/mol. The van der Waals surface area contributed by atoms with Gasteiger partial charge in [-0.2, -0.15) is 0 Å². The van der Waals surface area contributed by atoms with Crippen molar-refractivity contribution in [3.8, 4) is 0 Å². The molecule has 15 heavy (non-hydrogen) atoms. The summed E-state index contributed by atoms with van der Waals surface area (Å²) in [6.45, 7) is 4.30. The molecule has 1 aromatic heterocycles. The van der Waals surface area contributed by atoms with Crippen molar-refractivity contribution in [2.45, 2.75) is 20.3 Å². The smallest absolute Gasteiger partial charge is 0.173 e. The largest absolute Gasteiger partial charge is 0.449 e. The average molecular weight is 271 g/mol. The van der Waals surface area contributed by atoms with Gasteiger partial charge in [0.25, 0.3) is 0 Å². The number of hydrogen-bond acceptors (Lipinski definition) is 1. The van der Waals surface area contributed by atoms with Gasteiger partial charge in [-0.05, 0) is 40.4 Å². The lowest BCUT2D eigenvalue weighted by molar-refractivity contribution is 0.562. The summed E-state index contributed by atoms with van der Waals surface area (Å²) in [5.41, 5.74) is 1.73. The van der Waals surface area contributed by atoms with Crippen LogP contribution in [-0.2, 0) is 6.42 Å². The van der Waals surface area contributed by atoms with Gasteiger partial charge in [-0.1, -0.05) is 13.8 Å². The zero-order valence-corrected chi connectivity index (χ0v) is 10.3. The van der Waals surface area contributed by atoms with Crippen LogP contribution in [0.5, 0.6) is 0 Å². The summed E-state index contributed by atoms with van der Waals surface area (Å²) in [6.07, 6.45) is 0.930. The number of fused-ring (bicyclic) bond motifs is 1. The third-order valence-corrected chi connectivity index (χ3v) is 2.96. The highest BCUT2D eigenvalue weighted by Gasteiger charge is 2.13. The van der Waals surface area contributed by atoms with Crippen molar-refractivity contribution >= 4 is 26.9 Å². The van der Waals surface area contributed by atoms with Gasteiger partial charge in [-0.15, -0.1) is 0 Å². The number of rotatable bonds is 2. The third-order valence-electron chi connectivity index (χ3n) is 2.32. The normalized spacial score (nSPS) is 11.5. The lowest BCUT2D eigenvalue weighted by Gasteiger charge is -2.02. The van der Waals surface area contributed by atoms with Crippen LogP contribution in [0.2, 0.25) is 0 Å². The van der Waals surface area contributed by atoms with Gasteiger partial charge in [0.15, 0.2) is 4.67 Å². The fourth-order valence-electron chi connectivity index (χ4n) is 1.69. The topological polar surface area (TPSA) is 13.1 Å². The van der Waals surface area contributed by atoms with E-state index in [1.807, 2.05) is 0 Å². The van der Waals surface area contributed by atoms with Crippen LogP contribution in [0.1, 0.15) is 19.4 Å². The van der Waals surface area contributed by atoms with E-state index in [1.54, 1.807) is 6.07 Å². The van der Waals surface area contributed by atoms with E-state index >= 15 is 0 Å². The fourth-order valence-corrected chi connectivity index (χ4v) is 2.24. The Labute approximate surface area is 96.4 Å². The first-order chi connectivity index (χ1) is 7.08. The summed E-state index contributed by atoms with van der Waals surface area (Å²) in [4.78, 5) is 0. The highest BCUT2D eigenvalue weighted by molar-refractivity contribution is 9.10. The maximum atomic E-state index is 13.0. The molecule has 0 bridgehead atoms. The van der Waals surface area contributed by atoms with E-state index in [2.05, 4.69) is 29.8 Å². The van der Waals surface area contributed by atoms with Crippen LogP contribution in [0, 0.1) is 11.7 Å². The maximum absolute atomic E-state index is 13.0. The second-order valence-corrected chi connectivity index (χ2v) is 4.81. The maximum Gasteiger partial charge on any atom is 0.173 e. The summed E-state index contributed by atoms with van der Waals surface area (Å²) >= 11 is 3.37. The molecule has 0 N–H and O–H groups in total. The molecule has 0 aliphatic heterocycles. The van der Waals surface area contributed by atoms with Crippen LogP contribution in [0.15, 0.2) is 27.3 Å². The van der Waals surface area contributed by atoms with Gasteiger partial charge in [0.2, 0.25) is 0 Å². The van der Waals surface area contributed by atoms with Crippen molar-refractivity contribution in [1.29, 1.82) is 0 Å². The summed E-state index contributed by atoms with van der Waals surface area (Å²) in [5, 5.41) is 0.997. The molecule has 0 fully saturated rings. The van der Waals surface area contributed by atoms with Gasteiger partial charge in [0.1, 0.15) is 11.4 Å². The lowest BCUT2D eigenvalue weighted by atomic mass is 10.0. The molecule has 1 heterocycles. The molecule has 0 radical (unpaired) electrons. The SMILES string of the molecule is CC(C)Cc1c(Br)oc2cc(F)ccc12. The van der Waals surface area contributed by atoms with E-state index in [-0.39, 0.29) is 5.82 Å². The van der Waals surface area contributed by atoms with Crippen LogP contribution in [0.25, 0.3) is 11.0 Å². The standard InChI is InChI=1S/C12H12BrFO/c1-7(2)5-10-9-4-3-8(14)6-11(9)15-12(10)13/h3-4,6-7H,5H2,1-2H3. The van der Waals surface area contributed by atoms with Gasteiger partial charge in [0, 0.05) is 17.0 Å². The highest BCUT2D eigenvalue weighted by Crippen LogP contribution is 2.32. The van der Waals surface area contributed by atoms with Gasteiger partial charge >= 0.3 is 0 Å². The van der Waals surface area contributed by atoms with Crippen LogP contribution in [0.3, 0.4) is 0 Å². The van der Waals surface area contributed by atoms with Gasteiger partial charge < -0.3 is 4.42 Å². The monoisotopic (exact) mass is 270 g/mol. The molecule has 1 nitrogen and oxygen atoms in total. The van der Waals surface area contributed by atoms with E-state index in [9.17, 15) is 4.39 Å². The summed E-state index contributed by atoms with van der Waals surface area (Å²) < 4.78 is 19.1. The van der Waals surface area contributed by atoms with E-state index < -0.39 is 0 Å². The Morgan fingerprint density at radius 3 is 2.80 bits per heavy atom. The van der Waals surface area contributed by atoms with Crippen LogP contribution in [0.4, 0.5) is 4.39 Å². The molecular formula is C12H12BrFO. The van der Waals surface area contributed by atoms with Crippen molar-refractivity contribution in [3.63, 3.8) is 0 Å². The molecule has 3 heteroatoms. The van der Waals surface area contributed by atoms with Crippen molar-refractivity contribution in [3.05, 3.63) is 34.2 Å². The van der Waals surface area contributed by atoms with E-state index in [0.717, 1.165) is 22.0 Å². The second-order valence-electron chi connectivity index (χ2n) is 4.09. The van der Waals surface area contributed by atoms with Crippen LogP contribution in [-0.4, -0.2) is 0 Å². The number of furan rings is 1. The second kappa shape index (κ2) is 3.97. The van der Waals surface area contributed by atoms with Crippen molar-refractivity contribution < 1.29 is 8.81 Å². The molecule has 0 aliphatic rings. The van der Waals surface area contributed by atoms with Gasteiger partial charge in [-0.3, -0.25) is 0 Å².